The van der Waals surface area contributed by atoms with Crippen molar-refractivity contribution in [3.63, 3.8) is 0 Å². The first-order chi connectivity index (χ1) is 10.1. The van der Waals surface area contributed by atoms with Crippen molar-refractivity contribution in [1.82, 2.24) is 5.32 Å². The fourth-order valence-corrected chi connectivity index (χ4v) is 2.32. The predicted molar refractivity (Wildman–Crippen MR) is 74.6 cm³/mol. The first-order valence-corrected chi connectivity index (χ1v) is 6.99. The van der Waals surface area contributed by atoms with Crippen LogP contribution in [-0.2, 0) is 11.3 Å². The highest BCUT2D eigenvalue weighted by Gasteiger charge is 2.12. The van der Waals surface area contributed by atoms with Crippen molar-refractivity contribution in [2.45, 2.75) is 11.4 Å². The maximum Gasteiger partial charge on any atom is 0.338 e. The minimum Gasteiger partial charge on any atom is -0.478 e. The molecule has 0 radical (unpaired) electrons. The number of aromatic carboxylic acids is 1. The van der Waals surface area contributed by atoms with E-state index in [1.807, 2.05) is 0 Å². The van der Waals surface area contributed by atoms with E-state index in [9.17, 15) is 14.0 Å². The van der Waals surface area contributed by atoms with E-state index in [1.54, 1.807) is 12.1 Å². The summed E-state index contributed by atoms with van der Waals surface area (Å²) in [5.41, 5.74) is -0.406. The quantitative estimate of drug-likeness (QED) is 0.802. The molecular formula is C14H12FNO4S. The second-order valence-electron chi connectivity index (χ2n) is 4.09. The third-order valence-electron chi connectivity index (χ3n) is 2.58. The normalized spacial score (nSPS) is 10.3. The molecule has 0 unspecified atom stereocenters. The Balaban J connectivity index is 1.86. The molecule has 2 aromatic rings. The van der Waals surface area contributed by atoms with Crippen LogP contribution >= 0.6 is 11.8 Å². The highest BCUT2D eigenvalue weighted by atomic mass is 32.2. The van der Waals surface area contributed by atoms with Gasteiger partial charge in [-0.3, -0.25) is 4.79 Å². The van der Waals surface area contributed by atoms with Crippen LogP contribution < -0.4 is 5.32 Å². The monoisotopic (exact) mass is 309 g/mol. The van der Waals surface area contributed by atoms with Crippen molar-refractivity contribution >= 4 is 23.6 Å². The minimum absolute atomic E-state index is 0.103. The van der Waals surface area contributed by atoms with Gasteiger partial charge in [0.25, 0.3) is 0 Å². The summed E-state index contributed by atoms with van der Waals surface area (Å²) in [7, 11) is 0. The smallest absolute Gasteiger partial charge is 0.338 e. The van der Waals surface area contributed by atoms with Gasteiger partial charge in [-0.15, -0.1) is 11.8 Å². The van der Waals surface area contributed by atoms with E-state index in [0.717, 1.165) is 17.8 Å². The van der Waals surface area contributed by atoms with Crippen molar-refractivity contribution in [1.29, 1.82) is 0 Å². The number of amides is 1. The summed E-state index contributed by atoms with van der Waals surface area (Å²) in [6, 6.07) is 7.19. The third-order valence-corrected chi connectivity index (χ3v) is 3.57. The molecule has 5 nitrogen and oxygen atoms in total. The maximum atomic E-state index is 13.2. The zero-order valence-electron chi connectivity index (χ0n) is 10.8. The Morgan fingerprint density at radius 1 is 1.33 bits per heavy atom. The third kappa shape index (κ3) is 4.35. The molecular weight excluding hydrogens is 297 g/mol. The molecule has 0 aliphatic rings. The van der Waals surface area contributed by atoms with Gasteiger partial charge in [-0.25, -0.2) is 9.18 Å². The van der Waals surface area contributed by atoms with Crippen LogP contribution in [0.1, 0.15) is 16.1 Å². The van der Waals surface area contributed by atoms with E-state index < -0.39 is 17.3 Å². The number of furan rings is 1. The van der Waals surface area contributed by atoms with Crippen molar-refractivity contribution in [3.05, 3.63) is 53.7 Å². The Bertz CT molecular complexity index is 642. The number of hydrogen-bond donors (Lipinski definition) is 2. The van der Waals surface area contributed by atoms with Gasteiger partial charge in [0, 0.05) is 4.90 Å². The Morgan fingerprint density at radius 3 is 2.81 bits per heavy atom. The van der Waals surface area contributed by atoms with Gasteiger partial charge in [0.2, 0.25) is 5.91 Å². The molecule has 0 atom stereocenters. The molecule has 110 valence electrons. The Labute approximate surface area is 124 Å². The average molecular weight is 309 g/mol. The largest absolute Gasteiger partial charge is 0.478 e. The number of nitrogens with one attached hydrogen (secondary N) is 1. The second-order valence-corrected chi connectivity index (χ2v) is 5.14. The molecule has 1 aromatic heterocycles. The summed E-state index contributed by atoms with van der Waals surface area (Å²) < 4.78 is 18.3. The molecule has 0 saturated carbocycles. The molecule has 2 rings (SSSR count). The first-order valence-electron chi connectivity index (χ1n) is 6.01. The predicted octanol–water partition coefficient (Wildman–Crippen LogP) is 2.53. The molecule has 1 heterocycles. The molecule has 1 amide bonds. The van der Waals surface area contributed by atoms with E-state index in [4.69, 9.17) is 9.52 Å². The summed E-state index contributed by atoms with van der Waals surface area (Å²) in [6.07, 6.45) is 1.52. The summed E-state index contributed by atoms with van der Waals surface area (Å²) in [5, 5.41) is 11.5. The summed E-state index contributed by atoms with van der Waals surface area (Å²) in [5.74, 6) is -1.61. The zero-order valence-corrected chi connectivity index (χ0v) is 11.7. The van der Waals surface area contributed by atoms with Crippen molar-refractivity contribution in [3.8, 4) is 0 Å². The van der Waals surface area contributed by atoms with Gasteiger partial charge in [0.1, 0.15) is 11.6 Å². The van der Waals surface area contributed by atoms with E-state index >= 15 is 0 Å². The van der Waals surface area contributed by atoms with E-state index in [-0.39, 0.29) is 18.2 Å². The molecule has 0 spiro atoms. The van der Waals surface area contributed by atoms with E-state index in [1.165, 1.54) is 18.4 Å². The van der Waals surface area contributed by atoms with Crippen LogP contribution in [0.3, 0.4) is 0 Å². The van der Waals surface area contributed by atoms with Crippen LogP contribution in [0, 0.1) is 5.82 Å². The van der Waals surface area contributed by atoms with Gasteiger partial charge >= 0.3 is 5.97 Å². The number of carbonyl (C=O) groups is 2. The lowest BCUT2D eigenvalue weighted by atomic mass is 10.2. The topological polar surface area (TPSA) is 79.5 Å². The van der Waals surface area contributed by atoms with Crippen LogP contribution in [0.4, 0.5) is 4.39 Å². The number of hydrogen-bond acceptors (Lipinski definition) is 4. The van der Waals surface area contributed by atoms with Crippen LogP contribution in [0.5, 0.6) is 0 Å². The molecule has 2 N–H and O–H groups in total. The van der Waals surface area contributed by atoms with Crippen LogP contribution in [0.25, 0.3) is 0 Å². The molecule has 21 heavy (non-hydrogen) atoms. The SMILES string of the molecule is O=C(CSc1ccc(F)c(C(=O)O)c1)NCc1ccco1. The van der Waals surface area contributed by atoms with E-state index in [0.29, 0.717) is 10.7 Å². The number of carbonyl (C=O) groups excluding carboxylic acids is 1. The highest BCUT2D eigenvalue weighted by Crippen LogP contribution is 2.21. The van der Waals surface area contributed by atoms with Gasteiger partial charge in [-0.05, 0) is 30.3 Å². The van der Waals surface area contributed by atoms with E-state index in [2.05, 4.69) is 5.32 Å². The Morgan fingerprint density at radius 2 is 2.14 bits per heavy atom. The first kappa shape index (κ1) is 15.1. The summed E-state index contributed by atoms with van der Waals surface area (Å²) in [6.45, 7) is 0.288. The molecule has 7 heteroatoms. The molecule has 0 bridgehead atoms. The van der Waals surface area contributed by atoms with Crippen molar-refractivity contribution in [2.75, 3.05) is 5.75 Å². The van der Waals surface area contributed by atoms with Crippen LogP contribution in [-0.4, -0.2) is 22.7 Å². The standard InChI is InChI=1S/C14H12FNO4S/c15-12-4-3-10(6-11(12)14(18)19)21-8-13(17)16-7-9-2-1-5-20-9/h1-6H,7-8H2,(H,16,17)(H,18,19). The Kier molecular flexibility index (Phi) is 4.99. The lowest BCUT2D eigenvalue weighted by Gasteiger charge is -2.05. The molecule has 0 saturated heterocycles. The van der Waals surface area contributed by atoms with Crippen LogP contribution in [0.15, 0.2) is 45.9 Å². The fraction of sp³-hybridized carbons (Fsp3) is 0.143. The molecule has 1 aromatic carbocycles. The lowest BCUT2D eigenvalue weighted by molar-refractivity contribution is -0.118. The number of benzene rings is 1. The fourth-order valence-electron chi connectivity index (χ4n) is 1.56. The van der Waals surface area contributed by atoms with Gasteiger partial charge in [0.15, 0.2) is 0 Å². The van der Waals surface area contributed by atoms with Crippen molar-refractivity contribution in [2.24, 2.45) is 0 Å². The van der Waals surface area contributed by atoms with Gasteiger partial charge in [0.05, 0.1) is 24.1 Å². The second kappa shape index (κ2) is 6.94. The number of halogens is 1. The number of thioether (sulfide) groups is 1. The minimum atomic E-state index is -1.34. The summed E-state index contributed by atoms with van der Waals surface area (Å²) >= 11 is 1.13. The van der Waals surface area contributed by atoms with Gasteiger partial charge in [-0.2, -0.15) is 0 Å². The molecule has 0 fully saturated rings. The molecule has 0 aliphatic heterocycles. The highest BCUT2D eigenvalue weighted by molar-refractivity contribution is 8.00. The zero-order chi connectivity index (χ0) is 15.2. The average Bonchev–Trinajstić information content (AvgIpc) is 2.97. The number of carboxylic acids is 1. The lowest BCUT2D eigenvalue weighted by Crippen LogP contribution is -2.24. The number of rotatable bonds is 6. The van der Waals surface area contributed by atoms with Crippen LogP contribution in [0.2, 0.25) is 0 Å². The van der Waals surface area contributed by atoms with Gasteiger partial charge < -0.3 is 14.8 Å². The molecule has 0 aliphatic carbocycles. The van der Waals surface area contributed by atoms with Crippen molar-refractivity contribution < 1.29 is 23.5 Å². The number of carboxylic acid groups (broad SMARTS) is 1. The Hall–Kier alpha value is -2.28. The van der Waals surface area contributed by atoms with Gasteiger partial charge in [-0.1, -0.05) is 0 Å². The summed E-state index contributed by atoms with van der Waals surface area (Å²) in [4.78, 5) is 23.0. The maximum absolute atomic E-state index is 13.2.